The predicted molar refractivity (Wildman–Crippen MR) is 184 cm³/mol. The van der Waals surface area contributed by atoms with E-state index in [1.54, 1.807) is 39.8 Å². The van der Waals surface area contributed by atoms with Gasteiger partial charge in [-0.3, -0.25) is 14.4 Å². The maximum atomic E-state index is 13.0. The quantitative estimate of drug-likeness (QED) is 0.199. The Hall–Kier alpha value is -3.57. The lowest BCUT2D eigenvalue weighted by atomic mass is 9.87. The van der Waals surface area contributed by atoms with Gasteiger partial charge in [-0.1, -0.05) is 39.0 Å². The number of carbonyl (C=O) groups is 4. The van der Waals surface area contributed by atoms with Gasteiger partial charge < -0.3 is 31.1 Å². The molecular weight excluding hydrogens is 604 g/mol. The molecule has 0 heterocycles. The second kappa shape index (κ2) is 15.8. The van der Waals surface area contributed by atoms with Gasteiger partial charge in [0.2, 0.25) is 11.8 Å². The van der Waals surface area contributed by atoms with E-state index < -0.39 is 41.7 Å². The number of aliphatic hydroxyl groups excluding tert-OH is 1. The summed E-state index contributed by atoms with van der Waals surface area (Å²) >= 11 is 1.51. The van der Waals surface area contributed by atoms with Crippen molar-refractivity contribution < 1.29 is 29.0 Å². The Bertz CT molecular complexity index is 1390. The average molecular weight is 657 g/mol. The number of carbonyl (C=O) groups excluding carboxylic acids is 4. The second-order valence-electron chi connectivity index (χ2n) is 14.6. The topological polar surface area (TPSA) is 146 Å². The van der Waals surface area contributed by atoms with Crippen LogP contribution in [0.1, 0.15) is 97.6 Å². The summed E-state index contributed by atoms with van der Waals surface area (Å²) in [4.78, 5) is 51.4. The van der Waals surface area contributed by atoms with E-state index in [-0.39, 0.29) is 16.9 Å². The Morgan fingerprint density at radius 2 is 1.46 bits per heavy atom. The van der Waals surface area contributed by atoms with Crippen molar-refractivity contribution >= 4 is 41.3 Å². The van der Waals surface area contributed by atoms with E-state index in [2.05, 4.69) is 42.0 Å². The summed E-state index contributed by atoms with van der Waals surface area (Å²) in [5.74, 6) is -0.700. The number of aliphatic hydroxyl groups is 1. The van der Waals surface area contributed by atoms with Crippen LogP contribution < -0.4 is 21.3 Å². The number of thioether (sulfide) groups is 1. The Morgan fingerprint density at radius 1 is 0.848 bits per heavy atom. The molecule has 0 radical (unpaired) electrons. The molecule has 0 saturated carbocycles. The molecule has 2 rings (SSSR count). The molecule has 2 unspecified atom stereocenters. The van der Waals surface area contributed by atoms with E-state index >= 15 is 0 Å². The van der Waals surface area contributed by atoms with Crippen molar-refractivity contribution in [3.05, 3.63) is 59.2 Å². The van der Waals surface area contributed by atoms with E-state index in [0.717, 1.165) is 16.0 Å². The molecule has 0 aliphatic carbocycles. The SMILES string of the molecule is CC(NC(=O)OC(C)(C)C)C(=O)N[C@@H](C)C(=O)Nc1ccc(SCC(O)Cc2ccccc2C(=O)NC(C)(C)C)c(C(C)(C)C)c1. The molecule has 0 aliphatic rings. The molecule has 3 atom stereocenters. The van der Waals surface area contributed by atoms with Crippen molar-refractivity contribution in [2.45, 2.75) is 122 Å². The molecule has 5 N–H and O–H groups in total. The molecule has 0 aliphatic heterocycles. The van der Waals surface area contributed by atoms with Gasteiger partial charge in [-0.15, -0.1) is 11.8 Å². The van der Waals surface area contributed by atoms with Crippen LogP contribution in [0.2, 0.25) is 0 Å². The minimum absolute atomic E-state index is 0.170. The van der Waals surface area contributed by atoms with Gasteiger partial charge in [0.1, 0.15) is 17.7 Å². The highest BCUT2D eigenvalue weighted by atomic mass is 32.2. The molecule has 2 aromatic carbocycles. The highest BCUT2D eigenvalue weighted by Gasteiger charge is 2.25. The molecule has 0 saturated heterocycles. The smallest absolute Gasteiger partial charge is 0.408 e. The van der Waals surface area contributed by atoms with Crippen LogP contribution in [-0.4, -0.2) is 64.0 Å². The molecular formula is C35H52N4O6S. The molecule has 0 bridgehead atoms. The molecule has 10 nitrogen and oxygen atoms in total. The Labute approximate surface area is 278 Å². The van der Waals surface area contributed by atoms with Crippen LogP contribution in [0, 0.1) is 0 Å². The summed E-state index contributed by atoms with van der Waals surface area (Å²) in [6, 6.07) is 11.1. The summed E-state index contributed by atoms with van der Waals surface area (Å²) in [7, 11) is 0. The van der Waals surface area contributed by atoms with Crippen LogP contribution in [0.4, 0.5) is 10.5 Å². The van der Waals surface area contributed by atoms with E-state index in [4.69, 9.17) is 4.74 Å². The zero-order valence-electron chi connectivity index (χ0n) is 29.1. The number of benzene rings is 2. The largest absolute Gasteiger partial charge is 0.444 e. The third kappa shape index (κ3) is 13.0. The van der Waals surface area contributed by atoms with E-state index in [0.29, 0.717) is 23.4 Å². The van der Waals surface area contributed by atoms with Gasteiger partial charge >= 0.3 is 6.09 Å². The van der Waals surface area contributed by atoms with Crippen LogP contribution in [0.3, 0.4) is 0 Å². The fourth-order valence-corrected chi connectivity index (χ4v) is 5.53. The van der Waals surface area contributed by atoms with Gasteiger partial charge in [0.25, 0.3) is 5.91 Å². The lowest BCUT2D eigenvalue weighted by Crippen LogP contribution is -2.51. The first kappa shape index (κ1) is 38.6. The third-order valence-electron chi connectivity index (χ3n) is 6.57. The van der Waals surface area contributed by atoms with Gasteiger partial charge in [-0.05, 0) is 103 Å². The van der Waals surface area contributed by atoms with Crippen LogP contribution in [-0.2, 0) is 26.2 Å². The number of hydrogen-bond acceptors (Lipinski definition) is 7. The van der Waals surface area contributed by atoms with Gasteiger partial charge in [-0.2, -0.15) is 0 Å². The van der Waals surface area contributed by atoms with Gasteiger partial charge in [0, 0.05) is 27.4 Å². The first-order valence-electron chi connectivity index (χ1n) is 15.5. The summed E-state index contributed by atoms with van der Waals surface area (Å²) in [6.45, 7) is 20.2. The summed E-state index contributed by atoms with van der Waals surface area (Å²) in [6.07, 6.45) is -1.09. The number of hydrogen-bond donors (Lipinski definition) is 5. The summed E-state index contributed by atoms with van der Waals surface area (Å²) < 4.78 is 5.18. The summed E-state index contributed by atoms with van der Waals surface area (Å²) in [5, 5.41) is 21.9. The third-order valence-corrected chi connectivity index (χ3v) is 7.79. The minimum atomic E-state index is -0.904. The molecule has 4 amide bonds. The van der Waals surface area contributed by atoms with E-state index in [9.17, 15) is 24.3 Å². The maximum Gasteiger partial charge on any atom is 0.408 e. The van der Waals surface area contributed by atoms with Crippen molar-refractivity contribution in [3.63, 3.8) is 0 Å². The Kier molecular flexibility index (Phi) is 13.3. The fourth-order valence-electron chi connectivity index (χ4n) is 4.35. The van der Waals surface area contributed by atoms with E-state index in [1.165, 1.54) is 18.7 Å². The van der Waals surface area contributed by atoms with Gasteiger partial charge in [0.05, 0.1) is 6.10 Å². The average Bonchev–Trinajstić information content (AvgIpc) is 2.89. The molecule has 0 fully saturated rings. The fraction of sp³-hybridized carbons (Fsp3) is 0.543. The molecule has 0 spiro atoms. The van der Waals surface area contributed by atoms with Gasteiger partial charge in [0.15, 0.2) is 0 Å². The number of amides is 4. The van der Waals surface area contributed by atoms with Gasteiger partial charge in [-0.25, -0.2) is 4.79 Å². The van der Waals surface area contributed by atoms with Crippen LogP contribution >= 0.6 is 11.8 Å². The van der Waals surface area contributed by atoms with Crippen LogP contribution in [0.25, 0.3) is 0 Å². The first-order valence-corrected chi connectivity index (χ1v) is 16.5. The number of ether oxygens (including phenoxy) is 1. The number of rotatable bonds is 11. The van der Waals surface area contributed by atoms with Crippen molar-refractivity contribution in [2.24, 2.45) is 0 Å². The lowest BCUT2D eigenvalue weighted by molar-refractivity contribution is -0.127. The zero-order valence-corrected chi connectivity index (χ0v) is 29.9. The minimum Gasteiger partial charge on any atom is -0.444 e. The number of alkyl carbamates (subject to hydrolysis) is 1. The molecule has 46 heavy (non-hydrogen) atoms. The molecule has 254 valence electrons. The standard InChI is InChI=1S/C35H52N4O6S/c1-21(36-29(41)22(2)37-32(44)45-35(9,10)11)30(42)38-24-16-17-28(27(19-24)33(3,4)5)46-20-25(40)18-23-14-12-13-15-26(23)31(43)39-34(6,7)8/h12-17,19,21-22,25,40H,18,20H2,1-11H3,(H,36,41)(H,37,44)(H,38,42)(H,39,43)/t21-,22?,25?/m0/s1. The predicted octanol–water partition coefficient (Wildman–Crippen LogP) is 5.56. The first-order chi connectivity index (χ1) is 21.1. The highest BCUT2D eigenvalue weighted by molar-refractivity contribution is 7.99. The van der Waals surface area contributed by atoms with Crippen molar-refractivity contribution in [3.8, 4) is 0 Å². The van der Waals surface area contributed by atoms with Crippen molar-refractivity contribution in [1.29, 1.82) is 0 Å². The summed E-state index contributed by atoms with van der Waals surface area (Å²) in [5.41, 5.74) is 1.54. The van der Waals surface area contributed by atoms with Crippen molar-refractivity contribution in [2.75, 3.05) is 11.1 Å². The second-order valence-corrected chi connectivity index (χ2v) is 15.6. The van der Waals surface area contributed by atoms with Crippen LogP contribution in [0.5, 0.6) is 0 Å². The highest BCUT2D eigenvalue weighted by Crippen LogP contribution is 2.35. The van der Waals surface area contributed by atoms with Crippen molar-refractivity contribution in [1.82, 2.24) is 16.0 Å². The molecule has 2 aromatic rings. The Morgan fingerprint density at radius 3 is 2.04 bits per heavy atom. The molecule has 11 heteroatoms. The zero-order chi connectivity index (χ0) is 35.0. The monoisotopic (exact) mass is 656 g/mol. The van der Waals surface area contributed by atoms with E-state index in [1.807, 2.05) is 51.1 Å². The Balaban J connectivity index is 2.06. The number of anilines is 1. The number of nitrogens with one attached hydrogen (secondary N) is 4. The lowest BCUT2D eigenvalue weighted by Gasteiger charge is -2.25. The normalized spacial score (nSPS) is 14.0. The molecule has 0 aromatic heterocycles. The maximum absolute atomic E-state index is 13.0. The van der Waals surface area contributed by atoms with Crippen LogP contribution in [0.15, 0.2) is 47.4 Å².